The highest BCUT2D eigenvalue weighted by atomic mass is 32.2. The van der Waals surface area contributed by atoms with Gasteiger partial charge in [-0.3, -0.25) is 0 Å². The maximum atomic E-state index is 12.7. The third-order valence-electron chi connectivity index (χ3n) is 3.32. The fourth-order valence-electron chi connectivity index (χ4n) is 2.05. The molecular weight excluding hydrogens is 311 g/mol. The average Bonchev–Trinajstić information content (AvgIpc) is 2.84. The molecule has 3 nitrogen and oxygen atoms in total. The van der Waals surface area contributed by atoms with Crippen molar-refractivity contribution in [3.05, 3.63) is 47.5 Å². The third-order valence-corrected chi connectivity index (χ3v) is 4.37. The Balaban J connectivity index is 1.97. The smallest absolute Gasteiger partial charge is 0.398 e. The van der Waals surface area contributed by atoms with E-state index in [4.69, 9.17) is 5.73 Å². The van der Waals surface area contributed by atoms with Gasteiger partial charge in [-0.2, -0.15) is 13.2 Å². The minimum absolute atomic E-state index is 0.291. The van der Waals surface area contributed by atoms with Crippen LogP contribution in [0.15, 0.2) is 46.5 Å². The van der Waals surface area contributed by atoms with Crippen molar-refractivity contribution in [1.82, 2.24) is 9.97 Å². The second-order valence-electron chi connectivity index (χ2n) is 4.84. The highest BCUT2D eigenvalue weighted by Crippen LogP contribution is 2.34. The zero-order valence-electron chi connectivity index (χ0n) is 11.5. The normalized spacial score (nSPS) is 12.0. The fraction of sp³-hybridized carbons (Fsp3) is 0.133. The number of nitrogen functional groups attached to an aromatic ring is 1. The van der Waals surface area contributed by atoms with E-state index in [0.29, 0.717) is 21.9 Å². The molecule has 1 aromatic heterocycles. The Morgan fingerprint density at radius 1 is 1.18 bits per heavy atom. The molecule has 0 saturated carbocycles. The largest absolute Gasteiger partial charge is 0.416 e. The highest BCUT2D eigenvalue weighted by Gasteiger charge is 2.30. The van der Waals surface area contributed by atoms with Crippen LogP contribution in [0.4, 0.5) is 18.9 Å². The van der Waals surface area contributed by atoms with Gasteiger partial charge in [0.1, 0.15) is 0 Å². The summed E-state index contributed by atoms with van der Waals surface area (Å²) in [6, 6.07) is 9.00. The molecule has 0 aliphatic rings. The third kappa shape index (κ3) is 2.76. The maximum Gasteiger partial charge on any atom is 0.416 e. The van der Waals surface area contributed by atoms with Gasteiger partial charge in [0, 0.05) is 10.6 Å². The molecule has 0 atom stereocenters. The van der Waals surface area contributed by atoms with Crippen LogP contribution in [0.2, 0.25) is 0 Å². The predicted octanol–water partition coefficient (Wildman–Crippen LogP) is 4.62. The van der Waals surface area contributed by atoms with Crippen LogP contribution < -0.4 is 5.73 Å². The van der Waals surface area contributed by atoms with E-state index in [2.05, 4.69) is 9.97 Å². The molecule has 0 unspecified atom stereocenters. The van der Waals surface area contributed by atoms with Crippen LogP contribution in [-0.4, -0.2) is 9.97 Å². The number of hydrogen-bond donors (Lipinski definition) is 2. The van der Waals surface area contributed by atoms with E-state index in [1.807, 2.05) is 19.1 Å². The summed E-state index contributed by atoms with van der Waals surface area (Å²) in [4.78, 5) is 8.14. The Morgan fingerprint density at radius 3 is 2.68 bits per heavy atom. The lowest BCUT2D eigenvalue weighted by Crippen LogP contribution is -2.04. The summed E-state index contributed by atoms with van der Waals surface area (Å²) in [7, 11) is 0. The lowest BCUT2D eigenvalue weighted by Gasteiger charge is -2.05. The van der Waals surface area contributed by atoms with Gasteiger partial charge in [0.25, 0.3) is 0 Å². The molecule has 3 aromatic rings. The summed E-state index contributed by atoms with van der Waals surface area (Å²) in [5, 5.41) is 0.531. The van der Waals surface area contributed by atoms with Crippen LogP contribution in [0.25, 0.3) is 11.0 Å². The number of nitrogens with one attached hydrogen (secondary N) is 1. The lowest BCUT2D eigenvalue weighted by molar-refractivity contribution is -0.137. The highest BCUT2D eigenvalue weighted by molar-refractivity contribution is 7.99. The summed E-state index contributed by atoms with van der Waals surface area (Å²) in [6.45, 7) is 1.89. The van der Waals surface area contributed by atoms with Gasteiger partial charge in [-0.25, -0.2) is 4.98 Å². The topological polar surface area (TPSA) is 54.7 Å². The number of imidazole rings is 1. The van der Waals surface area contributed by atoms with Gasteiger partial charge in [0.2, 0.25) is 0 Å². The Labute approximate surface area is 128 Å². The van der Waals surface area contributed by atoms with Crippen molar-refractivity contribution >= 4 is 28.5 Å². The number of rotatable bonds is 2. The maximum absolute atomic E-state index is 12.7. The minimum Gasteiger partial charge on any atom is -0.398 e. The van der Waals surface area contributed by atoms with Gasteiger partial charge < -0.3 is 10.7 Å². The standard InChI is InChI=1S/C15H12F3N3S/c1-8-10(19)3-2-4-13(8)22-14-20-11-6-5-9(15(16,17)18)7-12(11)21-14/h2-7H,19H2,1H3,(H,20,21). The van der Waals surface area contributed by atoms with Gasteiger partial charge >= 0.3 is 6.18 Å². The van der Waals surface area contributed by atoms with Crippen molar-refractivity contribution < 1.29 is 13.2 Å². The number of alkyl halides is 3. The summed E-state index contributed by atoms with van der Waals surface area (Å²) in [5.41, 5.74) is 7.59. The molecule has 2 aromatic carbocycles. The van der Waals surface area contributed by atoms with Crippen LogP contribution in [0.1, 0.15) is 11.1 Å². The number of benzene rings is 2. The van der Waals surface area contributed by atoms with Crippen molar-refractivity contribution in [2.24, 2.45) is 0 Å². The van der Waals surface area contributed by atoms with Crippen molar-refractivity contribution in [2.45, 2.75) is 23.2 Å². The van der Waals surface area contributed by atoms with Crippen molar-refractivity contribution in [2.75, 3.05) is 5.73 Å². The second kappa shape index (κ2) is 5.24. The molecule has 0 spiro atoms. The van der Waals surface area contributed by atoms with Gasteiger partial charge in [-0.05, 0) is 42.8 Å². The molecule has 0 radical (unpaired) electrons. The van der Waals surface area contributed by atoms with Crippen LogP contribution in [-0.2, 0) is 6.18 Å². The van der Waals surface area contributed by atoms with Crippen LogP contribution in [0, 0.1) is 6.92 Å². The Bertz CT molecular complexity index is 840. The van der Waals surface area contributed by atoms with E-state index in [9.17, 15) is 13.2 Å². The summed E-state index contributed by atoms with van der Waals surface area (Å²) in [6.07, 6.45) is -4.37. The molecule has 22 heavy (non-hydrogen) atoms. The number of aromatic nitrogens is 2. The number of halogens is 3. The molecule has 114 valence electrons. The van der Waals surface area contributed by atoms with E-state index in [1.54, 1.807) is 6.07 Å². The van der Waals surface area contributed by atoms with E-state index in [0.717, 1.165) is 22.6 Å². The van der Waals surface area contributed by atoms with Gasteiger partial charge in [0.05, 0.1) is 16.6 Å². The number of aromatic amines is 1. The first-order valence-electron chi connectivity index (χ1n) is 6.44. The number of H-pyrrole nitrogens is 1. The first-order valence-corrected chi connectivity index (χ1v) is 7.26. The molecule has 0 amide bonds. The molecule has 0 bridgehead atoms. The average molecular weight is 323 g/mol. The number of nitrogens with two attached hydrogens (primary N) is 1. The van der Waals surface area contributed by atoms with Crippen LogP contribution in [0.5, 0.6) is 0 Å². The summed E-state index contributed by atoms with van der Waals surface area (Å²) >= 11 is 1.34. The molecule has 0 aliphatic heterocycles. The van der Waals surface area contributed by atoms with Crippen LogP contribution in [0.3, 0.4) is 0 Å². The van der Waals surface area contributed by atoms with Crippen LogP contribution >= 0.6 is 11.8 Å². The molecule has 3 N–H and O–H groups in total. The molecular formula is C15H12F3N3S. The van der Waals surface area contributed by atoms with Crippen molar-refractivity contribution in [3.8, 4) is 0 Å². The molecule has 0 aliphatic carbocycles. The number of anilines is 1. The Kier molecular flexibility index (Phi) is 3.52. The molecule has 0 fully saturated rings. The lowest BCUT2D eigenvalue weighted by atomic mass is 10.2. The van der Waals surface area contributed by atoms with Gasteiger partial charge in [0.15, 0.2) is 5.16 Å². The summed E-state index contributed by atoms with van der Waals surface area (Å²) < 4.78 is 38.1. The minimum atomic E-state index is -4.37. The number of nitrogens with zero attached hydrogens (tertiary/aromatic N) is 1. The Hall–Kier alpha value is -2.15. The van der Waals surface area contributed by atoms with Gasteiger partial charge in [-0.15, -0.1) is 0 Å². The number of fused-ring (bicyclic) bond motifs is 1. The molecule has 7 heteroatoms. The second-order valence-corrected chi connectivity index (χ2v) is 5.87. The fourth-order valence-corrected chi connectivity index (χ4v) is 2.98. The van der Waals surface area contributed by atoms with E-state index < -0.39 is 11.7 Å². The van der Waals surface area contributed by atoms with E-state index >= 15 is 0 Å². The SMILES string of the molecule is Cc1c(N)cccc1Sc1nc2cc(C(F)(F)F)ccc2[nH]1. The molecule has 3 rings (SSSR count). The van der Waals surface area contributed by atoms with Crippen molar-refractivity contribution in [3.63, 3.8) is 0 Å². The predicted molar refractivity (Wildman–Crippen MR) is 80.8 cm³/mol. The quantitative estimate of drug-likeness (QED) is 0.676. The number of hydrogen-bond acceptors (Lipinski definition) is 3. The van der Waals surface area contributed by atoms with Gasteiger partial charge in [-0.1, -0.05) is 17.8 Å². The zero-order chi connectivity index (χ0) is 15.9. The zero-order valence-corrected chi connectivity index (χ0v) is 12.3. The van der Waals surface area contributed by atoms with E-state index in [1.165, 1.54) is 17.8 Å². The Morgan fingerprint density at radius 2 is 1.95 bits per heavy atom. The molecule has 1 heterocycles. The summed E-state index contributed by atoms with van der Waals surface area (Å²) in [5.74, 6) is 0. The van der Waals surface area contributed by atoms with E-state index in [-0.39, 0.29) is 0 Å². The molecule has 0 saturated heterocycles. The van der Waals surface area contributed by atoms with Crippen molar-refractivity contribution in [1.29, 1.82) is 0 Å². The first-order chi connectivity index (χ1) is 10.3. The monoisotopic (exact) mass is 323 g/mol. The first kappa shape index (κ1) is 14.8.